The van der Waals surface area contributed by atoms with Crippen LogP contribution in [0.25, 0.3) is 0 Å². The number of hydrogen-bond acceptors (Lipinski definition) is 3. The van der Waals surface area contributed by atoms with Gasteiger partial charge in [0.25, 0.3) is 0 Å². The summed E-state index contributed by atoms with van der Waals surface area (Å²) in [6, 6.07) is 11.2. The highest BCUT2D eigenvalue weighted by Gasteiger charge is 2.48. The van der Waals surface area contributed by atoms with E-state index in [1.54, 1.807) is 35.3 Å². The number of carbonyl (C=O) groups excluding carboxylic acids is 2. The monoisotopic (exact) mass is 362 g/mol. The van der Waals surface area contributed by atoms with E-state index in [1.165, 1.54) is 4.88 Å². The zero-order valence-corrected chi connectivity index (χ0v) is 15.0. The van der Waals surface area contributed by atoms with Gasteiger partial charge in [-0.3, -0.25) is 9.59 Å². The first-order chi connectivity index (χ1) is 11.5. The van der Waals surface area contributed by atoms with Crippen LogP contribution in [0.1, 0.15) is 18.2 Å². The lowest BCUT2D eigenvalue weighted by molar-refractivity contribution is -0.138. The van der Waals surface area contributed by atoms with Gasteiger partial charge in [-0.1, -0.05) is 23.7 Å². The molecule has 3 rings (SSSR count). The Labute approximate surface area is 150 Å². The average Bonchev–Trinajstić information content (AvgIpc) is 3.17. The molecule has 0 unspecified atom stereocenters. The molecule has 0 spiro atoms. The van der Waals surface area contributed by atoms with Gasteiger partial charge in [-0.05, 0) is 49.4 Å². The summed E-state index contributed by atoms with van der Waals surface area (Å²) in [7, 11) is 0. The second kappa shape index (κ2) is 6.95. The molecule has 2 amide bonds. The van der Waals surface area contributed by atoms with Gasteiger partial charge in [0.2, 0.25) is 11.8 Å². The molecule has 1 saturated heterocycles. The first kappa shape index (κ1) is 17.0. The quantitative estimate of drug-likeness (QED) is 0.827. The Balaban J connectivity index is 1.64. The first-order valence-corrected chi connectivity index (χ1v) is 9.15. The number of nitrogens with zero attached hydrogens (tertiary/aromatic N) is 1. The molecular formula is C18H19ClN2O2S. The molecule has 1 atom stereocenters. The number of anilines is 1. The van der Waals surface area contributed by atoms with Gasteiger partial charge in [-0.25, -0.2) is 0 Å². The minimum absolute atomic E-state index is 0.168. The summed E-state index contributed by atoms with van der Waals surface area (Å²) in [5, 5.41) is 5.51. The second-order valence-corrected chi connectivity index (χ2v) is 7.57. The Hall–Kier alpha value is -1.85. The van der Waals surface area contributed by atoms with Crippen LogP contribution >= 0.6 is 22.9 Å². The van der Waals surface area contributed by atoms with E-state index < -0.39 is 5.41 Å². The van der Waals surface area contributed by atoms with Gasteiger partial charge in [0.15, 0.2) is 0 Å². The van der Waals surface area contributed by atoms with E-state index in [2.05, 4.69) is 5.32 Å². The largest absolute Gasteiger partial charge is 0.355 e. The maximum Gasteiger partial charge on any atom is 0.242 e. The molecule has 2 aromatic rings. The van der Waals surface area contributed by atoms with Crippen molar-refractivity contribution in [3.05, 3.63) is 51.7 Å². The van der Waals surface area contributed by atoms with Crippen molar-refractivity contribution in [3.8, 4) is 0 Å². The van der Waals surface area contributed by atoms with Crippen molar-refractivity contribution in [3.63, 3.8) is 0 Å². The Bertz CT molecular complexity index is 747. The molecule has 24 heavy (non-hydrogen) atoms. The molecule has 126 valence electrons. The van der Waals surface area contributed by atoms with Crippen molar-refractivity contribution >= 4 is 40.4 Å². The summed E-state index contributed by atoms with van der Waals surface area (Å²) in [5.74, 6) is -0.369. The van der Waals surface area contributed by atoms with E-state index in [0.717, 1.165) is 12.1 Å². The van der Waals surface area contributed by atoms with Crippen LogP contribution in [0.15, 0.2) is 41.8 Å². The molecule has 1 N–H and O–H groups in total. The van der Waals surface area contributed by atoms with Gasteiger partial charge in [0.05, 0.1) is 0 Å². The lowest BCUT2D eigenvalue weighted by Gasteiger charge is -2.23. The van der Waals surface area contributed by atoms with E-state index in [0.29, 0.717) is 24.5 Å². The van der Waals surface area contributed by atoms with Crippen molar-refractivity contribution in [2.24, 2.45) is 5.41 Å². The number of thiophene rings is 1. The number of benzene rings is 1. The highest BCUT2D eigenvalue weighted by Crippen LogP contribution is 2.35. The Morgan fingerprint density at radius 3 is 2.92 bits per heavy atom. The molecule has 1 fully saturated rings. The van der Waals surface area contributed by atoms with E-state index in [-0.39, 0.29) is 11.8 Å². The minimum Gasteiger partial charge on any atom is -0.355 e. The Kier molecular flexibility index (Phi) is 4.92. The van der Waals surface area contributed by atoms with Crippen LogP contribution in [-0.4, -0.2) is 24.9 Å². The topological polar surface area (TPSA) is 49.4 Å². The molecule has 0 radical (unpaired) electrons. The molecule has 1 aromatic heterocycles. The Morgan fingerprint density at radius 2 is 2.21 bits per heavy atom. The van der Waals surface area contributed by atoms with Crippen molar-refractivity contribution in [2.75, 3.05) is 18.0 Å². The van der Waals surface area contributed by atoms with Crippen LogP contribution in [0.2, 0.25) is 5.02 Å². The molecule has 0 bridgehead atoms. The third-order valence-electron chi connectivity index (χ3n) is 4.41. The summed E-state index contributed by atoms with van der Waals surface area (Å²) in [4.78, 5) is 28.2. The molecule has 1 aliphatic heterocycles. The van der Waals surface area contributed by atoms with Gasteiger partial charge < -0.3 is 10.2 Å². The average molecular weight is 363 g/mol. The van der Waals surface area contributed by atoms with Crippen molar-refractivity contribution < 1.29 is 9.59 Å². The first-order valence-electron chi connectivity index (χ1n) is 7.89. The lowest BCUT2D eigenvalue weighted by Crippen LogP contribution is -2.45. The number of halogens is 1. The fourth-order valence-electron chi connectivity index (χ4n) is 2.89. The maximum atomic E-state index is 12.8. The molecule has 1 aromatic carbocycles. The normalized spacial score (nSPS) is 20.4. The van der Waals surface area contributed by atoms with Crippen LogP contribution in [0.5, 0.6) is 0 Å². The zero-order valence-electron chi connectivity index (χ0n) is 13.4. The van der Waals surface area contributed by atoms with Gasteiger partial charge in [0.1, 0.15) is 5.41 Å². The lowest BCUT2D eigenvalue weighted by atomic mass is 9.87. The van der Waals surface area contributed by atoms with E-state index in [4.69, 9.17) is 11.6 Å². The molecule has 2 heterocycles. The fourth-order valence-corrected chi connectivity index (χ4v) is 3.79. The SMILES string of the molecule is C[C@@]1(C(=O)NCCc2cccs2)CCN(c2cccc(Cl)c2)C1=O. The van der Waals surface area contributed by atoms with Gasteiger partial charge in [0, 0.05) is 28.7 Å². The summed E-state index contributed by atoms with van der Waals surface area (Å²) in [5.41, 5.74) is -0.278. The molecular weight excluding hydrogens is 344 g/mol. The molecule has 6 heteroatoms. The van der Waals surface area contributed by atoms with Gasteiger partial charge >= 0.3 is 0 Å². The summed E-state index contributed by atoms with van der Waals surface area (Å²) in [6.45, 7) is 2.79. The summed E-state index contributed by atoms with van der Waals surface area (Å²) < 4.78 is 0. The van der Waals surface area contributed by atoms with E-state index in [1.807, 2.05) is 29.6 Å². The molecule has 0 aliphatic carbocycles. The van der Waals surface area contributed by atoms with Crippen molar-refractivity contribution in [1.29, 1.82) is 0 Å². The molecule has 1 aliphatic rings. The van der Waals surface area contributed by atoms with Crippen LogP contribution in [0, 0.1) is 5.41 Å². The summed E-state index contributed by atoms with van der Waals surface area (Å²) >= 11 is 7.67. The smallest absolute Gasteiger partial charge is 0.242 e. The number of amides is 2. The highest BCUT2D eigenvalue weighted by molar-refractivity contribution is 7.09. The van der Waals surface area contributed by atoms with Crippen LogP contribution < -0.4 is 10.2 Å². The van der Waals surface area contributed by atoms with E-state index in [9.17, 15) is 9.59 Å². The number of nitrogens with one attached hydrogen (secondary N) is 1. The third kappa shape index (κ3) is 3.32. The van der Waals surface area contributed by atoms with Crippen molar-refractivity contribution in [2.45, 2.75) is 19.8 Å². The van der Waals surface area contributed by atoms with Crippen LogP contribution in [0.3, 0.4) is 0 Å². The maximum absolute atomic E-state index is 12.8. The van der Waals surface area contributed by atoms with Crippen LogP contribution in [0.4, 0.5) is 5.69 Å². The highest BCUT2D eigenvalue weighted by atomic mass is 35.5. The Morgan fingerprint density at radius 1 is 1.38 bits per heavy atom. The minimum atomic E-state index is -1.02. The third-order valence-corrected chi connectivity index (χ3v) is 5.58. The van der Waals surface area contributed by atoms with Crippen molar-refractivity contribution in [1.82, 2.24) is 5.32 Å². The van der Waals surface area contributed by atoms with E-state index >= 15 is 0 Å². The number of rotatable bonds is 5. The van der Waals surface area contributed by atoms with Gasteiger partial charge in [-0.15, -0.1) is 11.3 Å². The predicted molar refractivity (Wildman–Crippen MR) is 97.6 cm³/mol. The zero-order chi connectivity index (χ0) is 17.2. The molecule has 4 nitrogen and oxygen atoms in total. The second-order valence-electron chi connectivity index (χ2n) is 6.10. The standard InChI is InChI=1S/C18H19ClN2O2S/c1-18(16(22)20-9-7-15-6-3-11-24-15)8-10-21(17(18)23)14-5-2-4-13(19)12-14/h2-6,11-12H,7-10H2,1H3,(H,20,22)/t18-/m0/s1. The molecule has 0 saturated carbocycles. The van der Waals surface area contributed by atoms with Crippen LogP contribution in [-0.2, 0) is 16.0 Å². The number of carbonyl (C=O) groups is 2. The van der Waals surface area contributed by atoms with Gasteiger partial charge in [-0.2, -0.15) is 0 Å². The summed E-state index contributed by atoms with van der Waals surface area (Å²) in [6.07, 6.45) is 1.29. The predicted octanol–water partition coefficient (Wildman–Crippen LogP) is 3.50. The fraction of sp³-hybridized carbons (Fsp3) is 0.333. The number of hydrogen-bond donors (Lipinski definition) is 1.